The zero-order valence-electron chi connectivity index (χ0n) is 14.2. The molecule has 1 rings (SSSR count). The van der Waals surface area contributed by atoms with Gasteiger partial charge in [-0.05, 0) is 18.4 Å². The fourth-order valence-corrected chi connectivity index (χ4v) is 2.41. The van der Waals surface area contributed by atoms with E-state index in [1.54, 1.807) is 0 Å². The SMILES string of the molecule is CCCCCC[C@@H](CO)OC(CC)COCc1ccccc1. The predicted molar refractivity (Wildman–Crippen MR) is 90.9 cm³/mol. The molecular weight excluding hydrogens is 276 g/mol. The molecule has 0 aliphatic heterocycles. The fraction of sp³-hybridized carbons (Fsp3) is 0.684. The van der Waals surface area contributed by atoms with Crippen LogP contribution in [0.25, 0.3) is 0 Å². The lowest BCUT2D eigenvalue weighted by Gasteiger charge is -2.23. The van der Waals surface area contributed by atoms with E-state index in [-0.39, 0.29) is 18.8 Å². The van der Waals surface area contributed by atoms with Gasteiger partial charge < -0.3 is 14.6 Å². The third kappa shape index (κ3) is 8.52. The lowest BCUT2D eigenvalue weighted by Crippen LogP contribution is -2.28. The predicted octanol–water partition coefficient (Wildman–Crippen LogP) is 4.33. The smallest absolute Gasteiger partial charge is 0.0811 e. The van der Waals surface area contributed by atoms with Crippen molar-refractivity contribution in [3.05, 3.63) is 35.9 Å². The van der Waals surface area contributed by atoms with Crippen molar-refractivity contribution in [2.75, 3.05) is 13.2 Å². The Morgan fingerprint density at radius 3 is 2.41 bits per heavy atom. The van der Waals surface area contributed by atoms with E-state index >= 15 is 0 Å². The van der Waals surface area contributed by atoms with Gasteiger partial charge in [0.05, 0.1) is 32.0 Å². The molecule has 0 amide bonds. The van der Waals surface area contributed by atoms with Crippen LogP contribution in [0.3, 0.4) is 0 Å². The second-order valence-corrected chi connectivity index (χ2v) is 5.82. The summed E-state index contributed by atoms with van der Waals surface area (Å²) in [5, 5.41) is 9.46. The average molecular weight is 308 g/mol. The highest BCUT2D eigenvalue weighted by molar-refractivity contribution is 5.13. The molecule has 3 nitrogen and oxygen atoms in total. The van der Waals surface area contributed by atoms with Crippen LogP contribution in [0.4, 0.5) is 0 Å². The van der Waals surface area contributed by atoms with Crippen LogP contribution in [0.2, 0.25) is 0 Å². The van der Waals surface area contributed by atoms with Crippen LogP contribution in [0.5, 0.6) is 0 Å². The summed E-state index contributed by atoms with van der Waals surface area (Å²) in [7, 11) is 0. The molecule has 1 unspecified atom stereocenters. The molecule has 0 bridgehead atoms. The van der Waals surface area contributed by atoms with E-state index < -0.39 is 0 Å². The molecule has 0 fully saturated rings. The van der Waals surface area contributed by atoms with E-state index in [4.69, 9.17) is 9.47 Å². The minimum Gasteiger partial charge on any atom is -0.394 e. The van der Waals surface area contributed by atoms with E-state index in [1.807, 2.05) is 18.2 Å². The maximum Gasteiger partial charge on any atom is 0.0811 e. The van der Waals surface area contributed by atoms with Crippen molar-refractivity contribution in [3.63, 3.8) is 0 Å². The van der Waals surface area contributed by atoms with Crippen molar-refractivity contribution in [2.24, 2.45) is 0 Å². The molecule has 1 aromatic carbocycles. The Morgan fingerprint density at radius 2 is 1.77 bits per heavy atom. The first-order chi connectivity index (χ1) is 10.8. The Bertz CT molecular complexity index is 353. The molecule has 0 radical (unpaired) electrons. The highest BCUT2D eigenvalue weighted by Crippen LogP contribution is 2.12. The molecule has 126 valence electrons. The summed E-state index contributed by atoms with van der Waals surface area (Å²) >= 11 is 0. The molecule has 0 saturated heterocycles. The third-order valence-corrected chi connectivity index (χ3v) is 3.84. The molecular formula is C19H32O3. The molecule has 0 aliphatic rings. The first-order valence-corrected chi connectivity index (χ1v) is 8.68. The number of unbranched alkanes of at least 4 members (excludes halogenated alkanes) is 3. The zero-order chi connectivity index (χ0) is 16.0. The second kappa shape index (κ2) is 12.6. The largest absolute Gasteiger partial charge is 0.394 e. The van der Waals surface area contributed by atoms with Crippen molar-refractivity contribution >= 4 is 0 Å². The van der Waals surface area contributed by atoms with E-state index in [1.165, 1.54) is 24.8 Å². The van der Waals surface area contributed by atoms with Crippen LogP contribution in [0.15, 0.2) is 30.3 Å². The summed E-state index contributed by atoms with van der Waals surface area (Å²) in [6, 6.07) is 10.2. The first-order valence-electron chi connectivity index (χ1n) is 8.68. The van der Waals surface area contributed by atoms with E-state index in [0.29, 0.717) is 13.2 Å². The van der Waals surface area contributed by atoms with E-state index in [0.717, 1.165) is 19.3 Å². The monoisotopic (exact) mass is 308 g/mol. The van der Waals surface area contributed by atoms with Crippen LogP contribution in [0.1, 0.15) is 57.9 Å². The fourth-order valence-electron chi connectivity index (χ4n) is 2.41. The molecule has 22 heavy (non-hydrogen) atoms. The molecule has 1 N–H and O–H groups in total. The lowest BCUT2D eigenvalue weighted by atomic mass is 10.1. The summed E-state index contributed by atoms with van der Waals surface area (Å²) < 4.78 is 11.7. The topological polar surface area (TPSA) is 38.7 Å². The molecule has 0 aliphatic carbocycles. The van der Waals surface area contributed by atoms with Gasteiger partial charge in [-0.15, -0.1) is 0 Å². The van der Waals surface area contributed by atoms with Crippen molar-refractivity contribution in [2.45, 2.75) is 71.2 Å². The van der Waals surface area contributed by atoms with Gasteiger partial charge >= 0.3 is 0 Å². The van der Waals surface area contributed by atoms with Crippen molar-refractivity contribution < 1.29 is 14.6 Å². The Hall–Kier alpha value is -0.900. The Kier molecular flexibility index (Phi) is 11.0. The summed E-state index contributed by atoms with van der Waals surface area (Å²) in [6.45, 7) is 5.60. The minimum absolute atomic E-state index is 0.0536. The van der Waals surface area contributed by atoms with Crippen LogP contribution < -0.4 is 0 Å². The highest BCUT2D eigenvalue weighted by Gasteiger charge is 2.15. The Balaban J connectivity index is 2.23. The molecule has 2 atom stereocenters. The molecule has 0 spiro atoms. The molecule has 0 aromatic heterocycles. The van der Waals surface area contributed by atoms with E-state index in [9.17, 15) is 5.11 Å². The number of aliphatic hydroxyl groups is 1. The van der Waals surface area contributed by atoms with Gasteiger partial charge in [-0.1, -0.05) is 69.9 Å². The quantitative estimate of drug-likeness (QED) is 0.551. The molecule has 3 heteroatoms. The Morgan fingerprint density at radius 1 is 1.00 bits per heavy atom. The van der Waals surface area contributed by atoms with Crippen LogP contribution in [0, 0.1) is 0 Å². The van der Waals surface area contributed by atoms with Crippen LogP contribution in [-0.4, -0.2) is 30.5 Å². The molecule has 0 saturated carbocycles. The van der Waals surface area contributed by atoms with Gasteiger partial charge in [-0.2, -0.15) is 0 Å². The van der Waals surface area contributed by atoms with Gasteiger partial charge in [0.15, 0.2) is 0 Å². The summed E-state index contributed by atoms with van der Waals surface area (Å²) in [5.41, 5.74) is 1.18. The summed E-state index contributed by atoms with van der Waals surface area (Å²) in [4.78, 5) is 0. The standard InChI is InChI=1S/C19H32O3/c1-3-5-6-10-13-19(14-20)22-18(4-2)16-21-15-17-11-8-7-9-12-17/h7-9,11-12,18-20H,3-6,10,13-16H2,1-2H3/t18?,19-/m0/s1. The van der Waals surface area contributed by atoms with Gasteiger partial charge in [-0.25, -0.2) is 0 Å². The maximum atomic E-state index is 9.46. The van der Waals surface area contributed by atoms with Gasteiger partial charge in [0.1, 0.15) is 0 Å². The first kappa shape index (κ1) is 19.1. The van der Waals surface area contributed by atoms with Gasteiger partial charge in [-0.3, -0.25) is 0 Å². The molecule has 1 aromatic rings. The number of benzene rings is 1. The number of hydrogen-bond acceptors (Lipinski definition) is 3. The van der Waals surface area contributed by atoms with Gasteiger partial charge in [0, 0.05) is 0 Å². The summed E-state index contributed by atoms with van der Waals surface area (Å²) in [6.07, 6.45) is 6.68. The number of ether oxygens (including phenoxy) is 2. The van der Waals surface area contributed by atoms with Crippen LogP contribution in [-0.2, 0) is 16.1 Å². The van der Waals surface area contributed by atoms with Crippen molar-refractivity contribution in [1.29, 1.82) is 0 Å². The normalized spacial score (nSPS) is 14.0. The maximum absolute atomic E-state index is 9.46. The third-order valence-electron chi connectivity index (χ3n) is 3.84. The van der Waals surface area contributed by atoms with Gasteiger partial charge in [0.25, 0.3) is 0 Å². The van der Waals surface area contributed by atoms with Crippen LogP contribution >= 0.6 is 0 Å². The minimum atomic E-state index is -0.0536. The number of hydrogen-bond donors (Lipinski definition) is 1. The zero-order valence-corrected chi connectivity index (χ0v) is 14.2. The van der Waals surface area contributed by atoms with Crippen molar-refractivity contribution in [1.82, 2.24) is 0 Å². The number of rotatable bonds is 13. The second-order valence-electron chi connectivity index (χ2n) is 5.82. The Labute approximate surface area is 135 Å². The van der Waals surface area contributed by atoms with Crippen molar-refractivity contribution in [3.8, 4) is 0 Å². The lowest BCUT2D eigenvalue weighted by molar-refractivity contribution is -0.0809. The molecule has 0 heterocycles. The average Bonchev–Trinajstić information content (AvgIpc) is 2.57. The van der Waals surface area contributed by atoms with E-state index in [2.05, 4.69) is 26.0 Å². The number of aliphatic hydroxyl groups excluding tert-OH is 1. The highest BCUT2D eigenvalue weighted by atomic mass is 16.5. The summed E-state index contributed by atoms with van der Waals surface area (Å²) in [5.74, 6) is 0. The van der Waals surface area contributed by atoms with Gasteiger partial charge in [0.2, 0.25) is 0 Å².